The first-order chi connectivity index (χ1) is 13.8. The van der Waals surface area contributed by atoms with Crippen LogP contribution in [0.25, 0.3) is 16.8 Å². The van der Waals surface area contributed by atoms with Crippen LogP contribution in [0.5, 0.6) is 0 Å². The van der Waals surface area contributed by atoms with Gasteiger partial charge in [-0.25, -0.2) is 14.2 Å². The number of benzene rings is 1. The van der Waals surface area contributed by atoms with Crippen molar-refractivity contribution in [2.45, 2.75) is 31.7 Å². The average molecular weight is 376 g/mol. The SMILES string of the molecule is O=C(CCn1nnc2ccccc21)N1CCCC(c2ccnc3ncnn23)C1. The van der Waals surface area contributed by atoms with Gasteiger partial charge in [-0.2, -0.15) is 10.1 Å². The largest absolute Gasteiger partial charge is 0.342 e. The quantitative estimate of drug-likeness (QED) is 0.538. The molecular formula is C19H20N8O. The molecule has 0 radical (unpaired) electrons. The molecule has 1 aromatic carbocycles. The van der Waals surface area contributed by atoms with Crippen LogP contribution in [0.4, 0.5) is 0 Å². The molecule has 4 aromatic rings. The Hall–Kier alpha value is -3.36. The summed E-state index contributed by atoms with van der Waals surface area (Å²) < 4.78 is 3.58. The van der Waals surface area contributed by atoms with Crippen molar-refractivity contribution >= 4 is 22.7 Å². The number of fused-ring (bicyclic) bond motifs is 2. The molecule has 1 amide bonds. The molecule has 0 bridgehead atoms. The maximum Gasteiger partial charge on any atom is 0.252 e. The van der Waals surface area contributed by atoms with Crippen LogP contribution in [0.1, 0.15) is 30.9 Å². The summed E-state index contributed by atoms with van der Waals surface area (Å²) in [5, 5.41) is 12.6. The first kappa shape index (κ1) is 16.8. The highest BCUT2D eigenvalue weighted by Crippen LogP contribution is 2.27. The molecule has 3 aromatic heterocycles. The van der Waals surface area contributed by atoms with Gasteiger partial charge >= 0.3 is 0 Å². The summed E-state index contributed by atoms with van der Waals surface area (Å²) in [6.45, 7) is 2.01. The molecule has 1 unspecified atom stereocenters. The van der Waals surface area contributed by atoms with E-state index >= 15 is 0 Å². The van der Waals surface area contributed by atoms with Crippen LogP contribution in [0.2, 0.25) is 0 Å². The topological polar surface area (TPSA) is 94.1 Å². The normalized spacial score (nSPS) is 17.4. The van der Waals surface area contributed by atoms with Crippen LogP contribution < -0.4 is 0 Å². The van der Waals surface area contributed by atoms with E-state index in [0.29, 0.717) is 25.3 Å². The predicted molar refractivity (Wildman–Crippen MR) is 101 cm³/mol. The lowest BCUT2D eigenvalue weighted by molar-refractivity contribution is -0.132. The second kappa shape index (κ2) is 6.99. The van der Waals surface area contributed by atoms with E-state index < -0.39 is 0 Å². The van der Waals surface area contributed by atoms with Crippen molar-refractivity contribution in [2.75, 3.05) is 13.1 Å². The zero-order valence-corrected chi connectivity index (χ0v) is 15.3. The van der Waals surface area contributed by atoms with Gasteiger partial charge in [0.15, 0.2) is 0 Å². The summed E-state index contributed by atoms with van der Waals surface area (Å²) in [7, 11) is 0. The Morgan fingerprint density at radius 1 is 1.18 bits per heavy atom. The number of amides is 1. The molecule has 9 nitrogen and oxygen atoms in total. The molecule has 0 spiro atoms. The van der Waals surface area contributed by atoms with Crippen molar-refractivity contribution in [3.8, 4) is 0 Å². The summed E-state index contributed by atoms with van der Waals surface area (Å²) in [5.41, 5.74) is 2.86. The third kappa shape index (κ3) is 2.98. The number of para-hydroxylation sites is 1. The molecule has 0 aliphatic carbocycles. The maximum atomic E-state index is 12.8. The number of carbonyl (C=O) groups excluding carboxylic acids is 1. The fraction of sp³-hybridized carbons (Fsp3) is 0.368. The van der Waals surface area contributed by atoms with Crippen LogP contribution in [-0.2, 0) is 11.3 Å². The third-order valence-corrected chi connectivity index (χ3v) is 5.36. The number of nitrogens with zero attached hydrogens (tertiary/aromatic N) is 8. The van der Waals surface area contributed by atoms with Gasteiger partial charge in [-0.1, -0.05) is 17.3 Å². The summed E-state index contributed by atoms with van der Waals surface area (Å²) in [6, 6.07) is 9.77. The van der Waals surface area contributed by atoms with Gasteiger partial charge in [0.2, 0.25) is 5.91 Å². The average Bonchev–Trinajstić information content (AvgIpc) is 3.39. The van der Waals surface area contributed by atoms with Crippen molar-refractivity contribution in [2.24, 2.45) is 0 Å². The second-order valence-corrected chi connectivity index (χ2v) is 7.07. The van der Waals surface area contributed by atoms with Gasteiger partial charge in [-0.3, -0.25) is 4.79 Å². The van der Waals surface area contributed by atoms with Crippen LogP contribution in [-0.4, -0.2) is 58.5 Å². The number of hydrogen-bond donors (Lipinski definition) is 0. The zero-order valence-electron chi connectivity index (χ0n) is 15.3. The Kier molecular flexibility index (Phi) is 4.19. The van der Waals surface area contributed by atoms with Gasteiger partial charge in [0, 0.05) is 31.6 Å². The van der Waals surface area contributed by atoms with Crippen LogP contribution in [0, 0.1) is 0 Å². The molecule has 0 saturated carbocycles. The molecule has 1 aliphatic rings. The minimum absolute atomic E-state index is 0.146. The molecule has 1 fully saturated rings. The van der Waals surface area contributed by atoms with Crippen molar-refractivity contribution in [1.29, 1.82) is 0 Å². The molecule has 5 rings (SSSR count). The Labute approximate surface area is 161 Å². The van der Waals surface area contributed by atoms with E-state index in [1.54, 1.807) is 15.4 Å². The Balaban J connectivity index is 1.28. The van der Waals surface area contributed by atoms with Crippen molar-refractivity contribution in [1.82, 2.24) is 39.5 Å². The maximum absolute atomic E-state index is 12.8. The van der Waals surface area contributed by atoms with Gasteiger partial charge in [-0.15, -0.1) is 5.10 Å². The van der Waals surface area contributed by atoms with E-state index in [-0.39, 0.29) is 11.8 Å². The standard InChI is InChI=1S/C19H20N8O/c28-18(8-11-26-17-6-2-1-5-15(17)23-24-26)25-10-3-4-14(12-25)16-7-9-20-19-21-13-22-27(16)19/h1-2,5-7,9,13-14H,3-4,8,10-12H2. The molecule has 1 atom stereocenters. The number of aryl methyl sites for hydroxylation is 1. The third-order valence-electron chi connectivity index (χ3n) is 5.36. The lowest BCUT2D eigenvalue weighted by Gasteiger charge is -2.33. The summed E-state index contributed by atoms with van der Waals surface area (Å²) in [5.74, 6) is 0.976. The van der Waals surface area contributed by atoms with E-state index in [9.17, 15) is 4.79 Å². The summed E-state index contributed by atoms with van der Waals surface area (Å²) >= 11 is 0. The van der Waals surface area contributed by atoms with E-state index in [2.05, 4.69) is 25.4 Å². The minimum Gasteiger partial charge on any atom is -0.342 e. The van der Waals surface area contributed by atoms with E-state index in [1.165, 1.54) is 6.33 Å². The summed E-state index contributed by atoms with van der Waals surface area (Å²) in [6.07, 6.45) is 5.68. The smallest absolute Gasteiger partial charge is 0.252 e. The molecule has 1 aliphatic heterocycles. The van der Waals surface area contributed by atoms with Crippen LogP contribution >= 0.6 is 0 Å². The van der Waals surface area contributed by atoms with Gasteiger partial charge in [-0.05, 0) is 31.0 Å². The lowest BCUT2D eigenvalue weighted by Crippen LogP contribution is -2.40. The first-order valence-electron chi connectivity index (χ1n) is 9.50. The highest BCUT2D eigenvalue weighted by molar-refractivity contribution is 5.77. The van der Waals surface area contributed by atoms with Crippen LogP contribution in [0.3, 0.4) is 0 Å². The fourth-order valence-electron chi connectivity index (χ4n) is 3.95. The molecular weight excluding hydrogens is 356 g/mol. The number of piperidine rings is 1. The molecule has 4 heterocycles. The van der Waals surface area contributed by atoms with E-state index in [0.717, 1.165) is 36.1 Å². The number of carbonyl (C=O) groups is 1. The zero-order chi connectivity index (χ0) is 18.9. The van der Waals surface area contributed by atoms with Crippen molar-refractivity contribution in [3.05, 3.63) is 48.5 Å². The Bertz CT molecular complexity index is 1130. The predicted octanol–water partition coefficient (Wildman–Crippen LogP) is 1.67. The van der Waals surface area contributed by atoms with Crippen molar-refractivity contribution in [3.63, 3.8) is 0 Å². The number of rotatable bonds is 4. The van der Waals surface area contributed by atoms with E-state index in [1.807, 2.05) is 35.2 Å². The molecule has 0 N–H and O–H groups in total. The van der Waals surface area contributed by atoms with Crippen molar-refractivity contribution < 1.29 is 4.79 Å². The second-order valence-electron chi connectivity index (χ2n) is 7.07. The highest BCUT2D eigenvalue weighted by Gasteiger charge is 2.26. The molecule has 9 heteroatoms. The fourth-order valence-corrected chi connectivity index (χ4v) is 3.95. The summed E-state index contributed by atoms with van der Waals surface area (Å²) in [4.78, 5) is 23.2. The molecule has 28 heavy (non-hydrogen) atoms. The van der Waals surface area contributed by atoms with Gasteiger partial charge < -0.3 is 4.90 Å². The lowest BCUT2D eigenvalue weighted by atomic mass is 9.94. The first-order valence-corrected chi connectivity index (χ1v) is 9.50. The molecule has 1 saturated heterocycles. The Morgan fingerprint density at radius 3 is 3.07 bits per heavy atom. The highest BCUT2D eigenvalue weighted by atomic mass is 16.2. The van der Waals surface area contributed by atoms with Gasteiger partial charge in [0.25, 0.3) is 5.78 Å². The van der Waals surface area contributed by atoms with Crippen LogP contribution in [0.15, 0.2) is 42.9 Å². The van der Waals surface area contributed by atoms with Gasteiger partial charge in [0.1, 0.15) is 11.8 Å². The minimum atomic E-state index is 0.146. The number of hydrogen-bond acceptors (Lipinski definition) is 6. The van der Waals surface area contributed by atoms with E-state index in [4.69, 9.17) is 0 Å². The monoisotopic (exact) mass is 376 g/mol. The Morgan fingerprint density at radius 2 is 2.11 bits per heavy atom. The number of likely N-dealkylation sites (tertiary alicyclic amines) is 1. The number of aromatic nitrogens is 7. The van der Waals surface area contributed by atoms with Gasteiger partial charge in [0.05, 0.1) is 17.8 Å². The molecule has 142 valence electrons.